The minimum absolute atomic E-state index is 0.289. The molecule has 2 rings (SSSR count). The van der Waals surface area contributed by atoms with E-state index in [4.69, 9.17) is 0 Å². The van der Waals surface area contributed by atoms with E-state index in [1.807, 2.05) is 6.07 Å². The number of sulfone groups is 1. The highest BCUT2D eigenvalue weighted by atomic mass is 79.9. The van der Waals surface area contributed by atoms with Crippen LogP contribution < -0.4 is 0 Å². The van der Waals surface area contributed by atoms with E-state index >= 15 is 0 Å². The molecular weight excluding hydrogens is 296 g/mol. The largest absolute Gasteiger partial charge is 0.229 e. The van der Waals surface area contributed by atoms with Gasteiger partial charge < -0.3 is 0 Å². The molecule has 0 aliphatic carbocycles. The van der Waals surface area contributed by atoms with Crippen LogP contribution in [-0.4, -0.2) is 24.8 Å². The van der Waals surface area contributed by atoms with Crippen molar-refractivity contribution < 1.29 is 8.42 Å². The zero-order valence-electron chi connectivity index (χ0n) is 8.23. The lowest BCUT2D eigenvalue weighted by Crippen LogP contribution is -2.17. The molecule has 5 heteroatoms. The van der Waals surface area contributed by atoms with Crippen molar-refractivity contribution in [2.75, 3.05) is 11.5 Å². The molecule has 84 valence electrons. The lowest BCUT2D eigenvalue weighted by molar-refractivity contribution is 0.565. The van der Waals surface area contributed by atoms with E-state index in [2.05, 4.69) is 27.4 Å². The summed E-state index contributed by atoms with van der Waals surface area (Å²) in [5, 5.41) is 2.06. The number of hydrogen-bond acceptors (Lipinski definition) is 3. The summed E-state index contributed by atoms with van der Waals surface area (Å²) in [5.41, 5.74) is 0. The van der Waals surface area contributed by atoms with Crippen molar-refractivity contribution in [1.29, 1.82) is 0 Å². The third-order valence-corrected chi connectivity index (χ3v) is 6.52. The van der Waals surface area contributed by atoms with Gasteiger partial charge in [0.25, 0.3) is 0 Å². The van der Waals surface area contributed by atoms with Gasteiger partial charge in [0.15, 0.2) is 9.84 Å². The maximum Gasteiger partial charge on any atom is 0.150 e. The normalized spacial score (nSPS) is 26.6. The Bertz CT molecular complexity index is 411. The summed E-state index contributed by atoms with van der Waals surface area (Å²) in [5.74, 6) is 1.01. The first kappa shape index (κ1) is 11.6. The van der Waals surface area contributed by atoms with E-state index in [1.165, 1.54) is 4.88 Å². The molecule has 0 saturated carbocycles. The topological polar surface area (TPSA) is 34.1 Å². The van der Waals surface area contributed by atoms with E-state index in [0.29, 0.717) is 16.3 Å². The molecule has 1 fully saturated rings. The maximum atomic E-state index is 11.3. The summed E-state index contributed by atoms with van der Waals surface area (Å²) < 4.78 is 22.7. The number of rotatable bonds is 3. The molecule has 1 aliphatic heterocycles. The van der Waals surface area contributed by atoms with Crippen LogP contribution in [0, 0.1) is 5.92 Å². The number of halogens is 1. The molecule has 1 aliphatic rings. The molecule has 0 aromatic carbocycles. The van der Waals surface area contributed by atoms with Crippen LogP contribution in [0.25, 0.3) is 0 Å². The Morgan fingerprint density at radius 2 is 2.40 bits per heavy atom. The molecule has 0 radical (unpaired) electrons. The van der Waals surface area contributed by atoms with Crippen LogP contribution in [-0.2, 0) is 16.3 Å². The quantitative estimate of drug-likeness (QED) is 0.804. The first-order chi connectivity index (χ1) is 7.07. The third-order valence-electron chi connectivity index (χ3n) is 2.76. The van der Waals surface area contributed by atoms with E-state index in [1.54, 1.807) is 11.3 Å². The lowest BCUT2D eigenvalue weighted by Gasteiger charge is -2.14. The first-order valence-electron chi connectivity index (χ1n) is 4.94. The second-order valence-corrected chi connectivity index (χ2v) is 8.40. The summed E-state index contributed by atoms with van der Waals surface area (Å²) >= 11 is 5.35. The van der Waals surface area contributed by atoms with Crippen LogP contribution >= 0.6 is 27.3 Å². The van der Waals surface area contributed by atoms with Crippen molar-refractivity contribution in [1.82, 2.24) is 0 Å². The van der Waals surface area contributed by atoms with Crippen LogP contribution in [0.4, 0.5) is 0 Å². The molecule has 0 spiro atoms. The van der Waals surface area contributed by atoms with Gasteiger partial charge >= 0.3 is 0 Å². The lowest BCUT2D eigenvalue weighted by atomic mass is 10.0. The molecule has 1 saturated heterocycles. The van der Waals surface area contributed by atoms with Gasteiger partial charge in [-0.25, -0.2) is 8.42 Å². The molecule has 15 heavy (non-hydrogen) atoms. The predicted octanol–water partition coefficient (Wildman–Crippen LogP) is 2.49. The molecule has 1 aromatic rings. The summed E-state index contributed by atoms with van der Waals surface area (Å²) in [7, 11) is -2.75. The van der Waals surface area contributed by atoms with Gasteiger partial charge in [0, 0.05) is 9.70 Å². The van der Waals surface area contributed by atoms with Gasteiger partial charge in [-0.15, -0.1) is 11.3 Å². The van der Waals surface area contributed by atoms with Crippen molar-refractivity contribution in [2.24, 2.45) is 5.92 Å². The smallest absolute Gasteiger partial charge is 0.150 e. The first-order valence-corrected chi connectivity index (χ1v) is 8.55. The zero-order valence-corrected chi connectivity index (χ0v) is 11.4. The van der Waals surface area contributed by atoms with Crippen LogP contribution in [0.15, 0.2) is 17.5 Å². The van der Waals surface area contributed by atoms with Gasteiger partial charge in [0.05, 0.1) is 11.5 Å². The second kappa shape index (κ2) is 4.55. The van der Waals surface area contributed by atoms with Gasteiger partial charge in [-0.3, -0.25) is 0 Å². The Labute approximate surface area is 103 Å². The third kappa shape index (κ3) is 3.04. The fraction of sp³-hybridized carbons (Fsp3) is 0.600. The zero-order chi connectivity index (χ0) is 10.9. The van der Waals surface area contributed by atoms with E-state index in [-0.39, 0.29) is 5.92 Å². The van der Waals surface area contributed by atoms with Gasteiger partial charge in [0.2, 0.25) is 0 Å². The van der Waals surface area contributed by atoms with Gasteiger partial charge in [-0.1, -0.05) is 22.0 Å². The van der Waals surface area contributed by atoms with E-state index in [9.17, 15) is 8.42 Å². The number of hydrogen-bond donors (Lipinski definition) is 0. The highest BCUT2D eigenvalue weighted by Gasteiger charge is 2.32. The minimum Gasteiger partial charge on any atom is -0.229 e. The molecule has 0 bridgehead atoms. The maximum absolute atomic E-state index is 11.3. The molecule has 2 atom stereocenters. The molecule has 2 unspecified atom stereocenters. The minimum atomic E-state index is -2.75. The van der Waals surface area contributed by atoms with Crippen LogP contribution in [0.5, 0.6) is 0 Å². The summed E-state index contributed by atoms with van der Waals surface area (Å²) in [6.07, 6.45) is 1.75. The second-order valence-electron chi connectivity index (χ2n) is 3.96. The van der Waals surface area contributed by atoms with Crippen molar-refractivity contribution in [3.8, 4) is 0 Å². The number of alkyl halides is 1. The van der Waals surface area contributed by atoms with Crippen molar-refractivity contribution in [3.63, 3.8) is 0 Å². The highest BCUT2D eigenvalue weighted by molar-refractivity contribution is 9.09. The average Bonchev–Trinajstić information content (AvgIpc) is 2.74. The molecule has 0 N–H and O–H groups in total. The number of thiophene rings is 1. The van der Waals surface area contributed by atoms with Crippen LogP contribution in [0.1, 0.15) is 11.3 Å². The molecule has 2 heterocycles. The van der Waals surface area contributed by atoms with Crippen LogP contribution in [0.2, 0.25) is 0 Å². The van der Waals surface area contributed by atoms with Crippen molar-refractivity contribution in [2.45, 2.75) is 17.7 Å². The van der Waals surface area contributed by atoms with Crippen molar-refractivity contribution in [3.05, 3.63) is 22.4 Å². The Balaban J connectivity index is 1.95. The van der Waals surface area contributed by atoms with Gasteiger partial charge in [-0.2, -0.15) is 0 Å². The van der Waals surface area contributed by atoms with Gasteiger partial charge in [-0.05, 0) is 30.2 Å². The Kier molecular flexibility index (Phi) is 3.52. The summed E-state index contributed by atoms with van der Waals surface area (Å²) in [4.78, 5) is 1.62. The fourth-order valence-corrected chi connectivity index (χ4v) is 5.80. The SMILES string of the molecule is O=S1(=O)CCC(C(Br)Cc2cccs2)C1. The molecule has 0 amide bonds. The Morgan fingerprint density at radius 3 is 2.93 bits per heavy atom. The molecular formula is C10H13BrO2S2. The van der Waals surface area contributed by atoms with Gasteiger partial charge in [0.1, 0.15) is 0 Å². The monoisotopic (exact) mass is 308 g/mol. The standard InChI is InChI=1S/C10H13BrO2S2/c11-10(6-9-2-1-4-14-9)8-3-5-15(12,13)7-8/h1-2,4,8,10H,3,5-7H2. The van der Waals surface area contributed by atoms with Crippen LogP contribution in [0.3, 0.4) is 0 Å². The summed E-state index contributed by atoms with van der Waals surface area (Å²) in [6, 6.07) is 4.13. The van der Waals surface area contributed by atoms with E-state index in [0.717, 1.165) is 12.8 Å². The fourth-order valence-electron chi connectivity index (χ4n) is 1.90. The van der Waals surface area contributed by atoms with E-state index < -0.39 is 9.84 Å². The molecule has 2 nitrogen and oxygen atoms in total. The van der Waals surface area contributed by atoms with Crippen molar-refractivity contribution >= 4 is 37.1 Å². The predicted molar refractivity (Wildman–Crippen MR) is 67.5 cm³/mol. The highest BCUT2D eigenvalue weighted by Crippen LogP contribution is 2.29. The summed E-state index contributed by atoms with van der Waals surface area (Å²) in [6.45, 7) is 0. The Morgan fingerprint density at radius 1 is 1.60 bits per heavy atom. The Hall–Kier alpha value is 0.130. The molecule has 1 aromatic heterocycles. The average molecular weight is 309 g/mol.